The predicted octanol–water partition coefficient (Wildman–Crippen LogP) is 4.98. The van der Waals surface area contributed by atoms with Crippen LogP contribution >= 0.6 is 0 Å². The van der Waals surface area contributed by atoms with Crippen LogP contribution < -0.4 is 15.0 Å². The van der Waals surface area contributed by atoms with E-state index in [0.717, 1.165) is 22.7 Å². The van der Waals surface area contributed by atoms with Crippen LogP contribution in [-0.2, 0) is 0 Å². The highest BCUT2D eigenvalue weighted by Gasteiger charge is 2.18. The Labute approximate surface area is 171 Å². The van der Waals surface area contributed by atoms with Gasteiger partial charge in [-0.05, 0) is 57.5 Å². The van der Waals surface area contributed by atoms with Crippen molar-refractivity contribution in [2.45, 2.75) is 33.8 Å². The van der Waals surface area contributed by atoms with E-state index in [1.54, 1.807) is 11.1 Å². The van der Waals surface area contributed by atoms with Crippen molar-refractivity contribution in [3.8, 4) is 5.75 Å². The number of aromatic nitrogens is 2. The smallest absolute Gasteiger partial charge is 0.278 e. The number of para-hydroxylation sites is 2. The first kappa shape index (κ1) is 20.3. The zero-order valence-corrected chi connectivity index (χ0v) is 17.2. The molecule has 29 heavy (non-hydrogen) atoms. The van der Waals surface area contributed by atoms with E-state index in [1.165, 1.54) is 6.20 Å². The summed E-state index contributed by atoms with van der Waals surface area (Å²) in [6.45, 7) is 8.44. The van der Waals surface area contributed by atoms with Crippen LogP contribution in [0.25, 0.3) is 0 Å². The van der Waals surface area contributed by atoms with Gasteiger partial charge in [0, 0.05) is 12.2 Å². The van der Waals surface area contributed by atoms with E-state index < -0.39 is 0 Å². The van der Waals surface area contributed by atoms with Crippen LogP contribution in [-0.4, -0.2) is 28.5 Å². The molecule has 0 aliphatic rings. The summed E-state index contributed by atoms with van der Waals surface area (Å²) in [5.41, 5.74) is 3.04. The maximum atomic E-state index is 12.9. The standard InChI is InChI=1S/C23H26N4O2/c1-5-27(18-10-8-9-17(4)13-18)23(28)20-14-25-22(15-24-20)26-19-11-6-7-12-21(19)29-16(2)3/h6-16H,5H2,1-4H3,(H,25,26). The molecule has 0 saturated heterocycles. The van der Waals surface area contributed by atoms with Gasteiger partial charge in [0.05, 0.1) is 24.2 Å². The van der Waals surface area contributed by atoms with Crippen LogP contribution in [0.4, 0.5) is 17.2 Å². The molecule has 150 valence electrons. The molecule has 0 radical (unpaired) electrons. The number of anilines is 3. The predicted molar refractivity (Wildman–Crippen MR) is 116 cm³/mol. The van der Waals surface area contributed by atoms with E-state index >= 15 is 0 Å². The molecular weight excluding hydrogens is 364 g/mol. The monoisotopic (exact) mass is 390 g/mol. The van der Waals surface area contributed by atoms with Gasteiger partial charge in [-0.15, -0.1) is 0 Å². The molecule has 6 heteroatoms. The fourth-order valence-electron chi connectivity index (χ4n) is 2.95. The SMILES string of the molecule is CCN(C(=O)c1cnc(Nc2ccccc2OC(C)C)cn1)c1cccc(C)c1. The Balaban J connectivity index is 1.77. The molecule has 0 aliphatic heterocycles. The van der Waals surface area contributed by atoms with E-state index in [4.69, 9.17) is 4.74 Å². The maximum Gasteiger partial charge on any atom is 0.278 e. The molecule has 0 aliphatic carbocycles. The van der Waals surface area contributed by atoms with Crippen molar-refractivity contribution in [1.29, 1.82) is 0 Å². The fourth-order valence-corrected chi connectivity index (χ4v) is 2.95. The largest absolute Gasteiger partial charge is 0.489 e. The van der Waals surface area contributed by atoms with E-state index in [0.29, 0.717) is 18.1 Å². The van der Waals surface area contributed by atoms with Crippen molar-refractivity contribution in [3.63, 3.8) is 0 Å². The van der Waals surface area contributed by atoms with E-state index in [-0.39, 0.29) is 12.0 Å². The molecule has 1 N–H and O–H groups in total. The summed E-state index contributed by atoms with van der Waals surface area (Å²) in [5, 5.41) is 3.20. The molecule has 3 rings (SSSR count). The number of ether oxygens (including phenoxy) is 1. The molecule has 0 unspecified atom stereocenters. The summed E-state index contributed by atoms with van der Waals surface area (Å²) in [4.78, 5) is 23.3. The van der Waals surface area contributed by atoms with Crippen molar-refractivity contribution >= 4 is 23.1 Å². The third-order valence-electron chi connectivity index (χ3n) is 4.26. The third-order valence-corrected chi connectivity index (χ3v) is 4.26. The Bertz CT molecular complexity index is 971. The topological polar surface area (TPSA) is 67.4 Å². The molecule has 0 fully saturated rings. The number of nitrogens with one attached hydrogen (secondary N) is 1. The van der Waals surface area contributed by atoms with Crippen molar-refractivity contribution in [1.82, 2.24) is 9.97 Å². The highest BCUT2D eigenvalue weighted by Crippen LogP contribution is 2.27. The molecule has 1 aromatic heterocycles. The van der Waals surface area contributed by atoms with Crippen LogP contribution in [0.1, 0.15) is 36.8 Å². The lowest BCUT2D eigenvalue weighted by Gasteiger charge is -2.21. The molecule has 2 aromatic carbocycles. The molecule has 1 amide bonds. The lowest BCUT2D eigenvalue weighted by atomic mass is 10.2. The Kier molecular flexibility index (Phi) is 6.44. The number of benzene rings is 2. The Hall–Kier alpha value is -3.41. The number of hydrogen-bond donors (Lipinski definition) is 1. The van der Waals surface area contributed by atoms with Gasteiger partial charge >= 0.3 is 0 Å². The summed E-state index contributed by atoms with van der Waals surface area (Å²) in [7, 11) is 0. The summed E-state index contributed by atoms with van der Waals surface area (Å²) >= 11 is 0. The minimum Gasteiger partial charge on any atom is -0.489 e. The fraction of sp³-hybridized carbons (Fsp3) is 0.261. The minimum absolute atomic E-state index is 0.0608. The van der Waals surface area contributed by atoms with Gasteiger partial charge in [0.15, 0.2) is 0 Å². The molecule has 6 nitrogen and oxygen atoms in total. The quantitative estimate of drug-likeness (QED) is 0.616. The summed E-state index contributed by atoms with van der Waals surface area (Å²) in [6, 6.07) is 15.5. The molecule has 1 heterocycles. The van der Waals surface area contributed by atoms with Crippen molar-refractivity contribution in [2.24, 2.45) is 0 Å². The normalized spacial score (nSPS) is 10.7. The number of rotatable bonds is 7. The van der Waals surface area contributed by atoms with Gasteiger partial charge in [0.1, 0.15) is 17.3 Å². The minimum atomic E-state index is -0.180. The van der Waals surface area contributed by atoms with E-state index in [1.807, 2.05) is 76.2 Å². The highest BCUT2D eigenvalue weighted by molar-refractivity contribution is 6.04. The average Bonchev–Trinajstić information content (AvgIpc) is 2.70. The number of carbonyl (C=O) groups is 1. The lowest BCUT2D eigenvalue weighted by molar-refractivity contribution is 0.0983. The van der Waals surface area contributed by atoms with E-state index in [2.05, 4.69) is 15.3 Å². The van der Waals surface area contributed by atoms with Gasteiger partial charge in [-0.25, -0.2) is 9.97 Å². The summed E-state index contributed by atoms with van der Waals surface area (Å²) < 4.78 is 5.81. The van der Waals surface area contributed by atoms with Gasteiger partial charge in [-0.1, -0.05) is 24.3 Å². The first-order valence-electron chi connectivity index (χ1n) is 9.71. The van der Waals surface area contributed by atoms with Gasteiger partial charge < -0.3 is 15.0 Å². The Morgan fingerprint density at radius 3 is 2.55 bits per heavy atom. The molecular formula is C23H26N4O2. The van der Waals surface area contributed by atoms with Crippen molar-refractivity contribution in [3.05, 3.63) is 72.2 Å². The third kappa shape index (κ3) is 5.10. The number of aryl methyl sites for hydroxylation is 1. The molecule has 0 bridgehead atoms. The van der Waals surface area contributed by atoms with Crippen molar-refractivity contribution in [2.75, 3.05) is 16.8 Å². The zero-order valence-electron chi connectivity index (χ0n) is 17.2. The summed E-state index contributed by atoms with van der Waals surface area (Å²) in [5.74, 6) is 1.10. The molecule has 0 saturated carbocycles. The molecule has 0 spiro atoms. The van der Waals surface area contributed by atoms with Gasteiger partial charge in [-0.3, -0.25) is 4.79 Å². The average molecular weight is 390 g/mol. The second-order valence-electron chi connectivity index (χ2n) is 6.96. The second-order valence-corrected chi connectivity index (χ2v) is 6.96. The zero-order chi connectivity index (χ0) is 20.8. The van der Waals surface area contributed by atoms with Gasteiger partial charge in [0.2, 0.25) is 0 Å². The Morgan fingerprint density at radius 2 is 1.90 bits per heavy atom. The summed E-state index contributed by atoms with van der Waals surface area (Å²) in [6.07, 6.45) is 3.11. The van der Waals surface area contributed by atoms with E-state index in [9.17, 15) is 4.79 Å². The van der Waals surface area contributed by atoms with Gasteiger partial charge in [0.25, 0.3) is 5.91 Å². The van der Waals surface area contributed by atoms with Crippen molar-refractivity contribution < 1.29 is 9.53 Å². The maximum absolute atomic E-state index is 12.9. The number of amides is 1. The number of hydrogen-bond acceptors (Lipinski definition) is 5. The van der Waals surface area contributed by atoms with Crippen LogP contribution in [0.15, 0.2) is 60.9 Å². The Morgan fingerprint density at radius 1 is 1.10 bits per heavy atom. The first-order valence-corrected chi connectivity index (χ1v) is 9.71. The van der Waals surface area contributed by atoms with Crippen LogP contribution in [0, 0.1) is 6.92 Å². The number of nitrogens with zero attached hydrogens (tertiary/aromatic N) is 3. The number of carbonyl (C=O) groups excluding carboxylic acids is 1. The molecule has 0 atom stereocenters. The lowest BCUT2D eigenvalue weighted by Crippen LogP contribution is -2.31. The molecule has 3 aromatic rings. The van der Waals surface area contributed by atoms with Crippen LogP contribution in [0.3, 0.4) is 0 Å². The second kappa shape index (κ2) is 9.19. The van der Waals surface area contributed by atoms with Crippen LogP contribution in [0.2, 0.25) is 0 Å². The highest BCUT2D eigenvalue weighted by atomic mass is 16.5. The first-order chi connectivity index (χ1) is 14.0. The van der Waals surface area contributed by atoms with Crippen LogP contribution in [0.5, 0.6) is 5.75 Å². The van der Waals surface area contributed by atoms with Gasteiger partial charge in [-0.2, -0.15) is 0 Å².